The van der Waals surface area contributed by atoms with Crippen LogP contribution in [0.25, 0.3) is 0 Å². The van der Waals surface area contributed by atoms with Gasteiger partial charge in [0.05, 0.1) is 5.70 Å². The van der Waals surface area contributed by atoms with Gasteiger partial charge in [-0.25, -0.2) is 0 Å². The number of benzene rings is 1. The minimum Gasteiger partial charge on any atom is -0.368 e. The molecule has 2 aliphatic rings. The highest BCUT2D eigenvalue weighted by molar-refractivity contribution is 6.68. The fraction of sp³-hybridized carbons (Fsp3) is 0.471. The molecule has 1 saturated carbocycles. The van der Waals surface area contributed by atoms with E-state index in [0.717, 1.165) is 31.9 Å². The van der Waals surface area contributed by atoms with E-state index in [4.69, 9.17) is 17.0 Å². The summed E-state index contributed by atoms with van der Waals surface area (Å²) in [6, 6.07) is 10.5. The lowest BCUT2D eigenvalue weighted by molar-refractivity contribution is 0.332. The molecule has 0 amide bonds. The van der Waals surface area contributed by atoms with E-state index in [1.807, 2.05) is 0 Å². The highest BCUT2D eigenvalue weighted by atomic mass is 35.5. The van der Waals surface area contributed by atoms with E-state index in [1.165, 1.54) is 24.1 Å². The molecule has 1 aliphatic carbocycles. The summed E-state index contributed by atoms with van der Waals surface area (Å²) in [4.78, 5) is 4.70. The number of hydrogen-bond donors (Lipinski definition) is 1. The minimum atomic E-state index is 0.201. The average Bonchev–Trinajstić information content (AvgIpc) is 3.33. The molecule has 1 saturated heterocycles. The van der Waals surface area contributed by atoms with Crippen LogP contribution in [0.3, 0.4) is 0 Å². The quantitative estimate of drug-likeness (QED) is 0.860. The van der Waals surface area contributed by atoms with Crippen LogP contribution in [0.15, 0.2) is 41.6 Å². The fourth-order valence-electron chi connectivity index (χ4n) is 3.10. The van der Waals surface area contributed by atoms with Crippen molar-refractivity contribution in [2.75, 3.05) is 31.1 Å². The summed E-state index contributed by atoms with van der Waals surface area (Å²) < 4.78 is 0. The maximum atomic E-state index is 7.91. The SMILES string of the molecule is C/C(=C(\C(=N)Cl)N1CCN(c2ccccc2)CC1)C1CC1. The predicted molar refractivity (Wildman–Crippen MR) is 89.2 cm³/mol. The molecule has 1 aromatic rings. The first kappa shape index (κ1) is 14.5. The molecule has 0 spiro atoms. The highest BCUT2D eigenvalue weighted by Crippen LogP contribution is 2.39. The van der Waals surface area contributed by atoms with E-state index in [1.54, 1.807) is 0 Å². The zero-order chi connectivity index (χ0) is 14.8. The summed E-state index contributed by atoms with van der Waals surface area (Å²) in [6.07, 6.45) is 2.51. The van der Waals surface area contributed by atoms with Gasteiger partial charge in [-0.1, -0.05) is 29.8 Å². The molecule has 1 aliphatic heterocycles. The average molecular weight is 304 g/mol. The number of nitrogens with one attached hydrogen (secondary N) is 1. The van der Waals surface area contributed by atoms with Gasteiger partial charge in [-0.3, -0.25) is 5.41 Å². The van der Waals surface area contributed by atoms with Crippen molar-refractivity contribution in [3.05, 3.63) is 41.6 Å². The van der Waals surface area contributed by atoms with Crippen molar-refractivity contribution in [2.24, 2.45) is 5.92 Å². The number of piperazine rings is 1. The van der Waals surface area contributed by atoms with Crippen molar-refractivity contribution in [1.82, 2.24) is 4.90 Å². The Balaban J connectivity index is 1.70. The number of rotatable bonds is 4. The van der Waals surface area contributed by atoms with Crippen molar-refractivity contribution in [1.29, 1.82) is 5.41 Å². The smallest absolute Gasteiger partial charge is 0.144 e. The Labute approximate surface area is 131 Å². The second-order valence-corrected chi connectivity index (χ2v) is 6.31. The molecule has 112 valence electrons. The van der Waals surface area contributed by atoms with E-state index in [0.29, 0.717) is 5.92 Å². The van der Waals surface area contributed by atoms with Gasteiger partial charge < -0.3 is 9.80 Å². The molecule has 21 heavy (non-hydrogen) atoms. The number of allylic oxidation sites excluding steroid dienone is 2. The van der Waals surface area contributed by atoms with Crippen LogP contribution in [0.4, 0.5) is 5.69 Å². The predicted octanol–water partition coefficient (Wildman–Crippen LogP) is 3.71. The van der Waals surface area contributed by atoms with Crippen LogP contribution in [0, 0.1) is 11.3 Å². The van der Waals surface area contributed by atoms with Crippen molar-refractivity contribution in [2.45, 2.75) is 19.8 Å². The third kappa shape index (κ3) is 3.24. The van der Waals surface area contributed by atoms with Crippen LogP contribution in [-0.2, 0) is 0 Å². The molecule has 3 rings (SSSR count). The monoisotopic (exact) mass is 303 g/mol. The Bertz CT molecular complexity index is 540. The van der Waals surface area contributed by atoms with Crippen LogP contribution in [-0.4, -0.2) is 36.2 Å². The van der Waals surface area contributed by atoms with Crippen molar-refractivity contribution < 1.29 is 0 Å². The molecule has 0 unspecified atom stereocenters. The fourth-order valence-corrected chi connectivity index (χ4v) is 3.37. The molecular weight excluding hydrogens is 282 g/mol. The Morgan fingerprint density at radius 1 is 1.10 bits per heavy atom. The van der Waals surface area contributed by atoms with Crippen molar-refractivity contribution >= 4 is 22.5 Å². The lowest BCUT2D eigenvalue weighted by atomic mass is 10.1. The van der Waals surface area contributed by atoms with E-state index in [-0.39, 0.29) is 5.17 Å². The van der Waals surface area contributed by atoms with Crippen LogP contribution in [0.2, 0.25) is 0 Å². The molecule has 0 radical (unpaired) electrons. The van der Waals surface area contributed by atoms with Gasteiger partial charge in [-0.15, -0.1) is 0 Å². The molecule has 1 N–H and O–H groups in total. The Hall–Kier alpha value is -1.48. The van der Waals surface area contributed by atoms with Gasteiger partial charge in [-0.2, -0.15) is 0 Å². The Morgan fingerprint density at radius 2 is 1.71 bits per heavy atom. The zero-order valence-corrected chi connectivity index (χ0v) is 13.2. The van der Waals surface area contributed by atoms with E-state index in [2.05, 4.69) is 47.1 Å². The number of para-hydroxylation sites is 1. The second kappa shape index (κ2) is 6.10. The van der Waals surface area contributed by atoms with Gasteiger partial charge in [0.1, 0.15) is 5.17 Å². The lowest BCUT2D eigenvalue weighted by Gasteiger charge is -2.38. The zero-order valence-electron chi connectivity index (χ0n) is 12.5. The maximum absolute atomic E-state index is 7.91. The first-order chi connectivity index (χ1) is 10.2. The number of nitrogens with zero attached hydrogens (tertiary/aromatic N) is 2. The van der Waals surface area contributed by atoms with Gasteiger partial charge >= 0.3 is 0 Å². The first-order valence-electron chi connectivity index (χ1n) is 7.67. The van der Waals surface area contributed by atoms with Crippen molar-refractivity contribution in [3.63, 3.8) is 0 Å². The van der Waals surface area contributed by atoms with Crippen molar-refractivity contribution in [3.8, 4) is 0 Å². The van der Waals surface area contributed by atoms with E-state index < -0.39 is 0 Å². The Morgan fingerprint density at radius 3 is 2.24 bits per heavy atom. The summed E-state index contributed by atoms with van der Waals surface area (Å²) in [5.41, 5.74) is 3.57. The third-order valence-electron chi connectivity index (χ3n) is 4.49. The molecule has 1 heterocycles. The largest absolute Gasteiger partial charge is 0.368 e. The number of halogens is 1. The molecule has 2 fully saturated rings. The van der Waals surface area contributed by atoms with Crippen LogP contribution in [0.1, 0.15) is 19.8 Å². The molecule has 4 heteroatoms. The minimum absolute atomic E-state index is 0.201. The molecule has 0 atom stereocenters. The standard InChI is InChI=1S/C17H22ClN3/c1-13(14-7-8-14)16(17(18)19)21-11-9-20(10-12-21)15-5-3-2-4-6-15/h2-6,14,19H,7-12H2,1H3/b16-13-,19-17?. The van der Waals surface area contributed by atoms with Gasteiger partial charge in [0, 0.05) is 31.9 Å². The summed E-state index contributed by atoms with van der Waals surface area (Å²) in [5.74, 6) is 0.659. The summed E-state index contributed by atoms with van der Waals surface area (Å²) in [7, 11) is 0. The molecular formula is C17H22ClN3. The van der Waals surface area contributed by atoms with Gasteiger partial charge in [0.15, 0.2) is 0 Å². The lowest BCUT2D eigenvalue weighted by Crippen LogP contribution is -2.47. The summed E-state index contributed by atoms with van der Waals surface area (Å²) in [5, 5.41) is 8.11. The van der Waals surface area contributed by atoms with Gasteiger partial charge in [0.2, 0.25) is 0 Å². The third-order valence-corrected chi connectivity index (χ3v) is 4.67. The van der Waals surface area contributed by atoms with Gasteiger partial charge in [0.25, 0.3) is 0 Å². The molecule has 0 aromatic heterocycles. The summed E-state index contributed by atoms with van der Waals surface area (Å²) >= 11 is 6.07. The normalized spacial score (nSPS) is 20.3. The highest BCUT2D eigenvalue weighted by Gasteiger charge is 2.30. The number of hydrogen-bond acceptors (Lipinski definition) is 3. The second-order valence-electron chi connectivity index (χ2n) is 5.93. The van der Waals surface area contributed by atoms with Crippen LogP contribution in [0.5, 0.6) is 0 Å². The van der Waals surface area contributed by atoms with Gasteiger partial charge in [-0.05, 0) is 43.4 Å². The summed E-state index contributed by atoms with van der Waals surface area (Å²) in [6.45, 7) is 5.98. The topological polar surface area (TPSA) is 30.3 Å². The maximum Gasteiger partial charge on any atom is 0.144 e. The number of anilines is 1. The molecule has 3 nitrogen and oxygen atoms in total. The van der Waals surface area contributed by atoms with E-state index >= 15 is 0 Å². The molecule has 1 aromatic carbocycles. The van der Waals surface area contributed by atoms with Crippen LogP contribution < -0.4 is 4.90 Å². The molecule has 0 bridgehead atoms. The first-order valence-corrected chi connectivity index (χ1v) is 8.04. The Kier molecular flexibility index (Phi) is 4.20. The van der Waals surface area contributed by atoms with E-state index in [9.17, 15) is 0 Å². The van der Waals surface area contributed by atoms with Crippen LogP contribution >= 0.6 is 11.6 Å².